The highest BCUT2D eigenvalue weighted by Crippen LogP contribution is 2.09. The van der Waals surface area contributed by atoms with E-state index in [2.05, 4.69) is 46.2 Å². The van der Waals surface area contributed by atoms with Crippen LogP contribution in [0.4, 0.5) is 0 Å². The van der Waals surface area contributed by atoms with Crippen LogP contribution >= 0.6 is 24.0 Å². The Labute approximate surface area is 185 Å². The minimum atomic E-state index is -0.155. The summed E-state index contributed by atoms with van der Waals surface area (Å²) < 4.78 is 0. The van der Waals surface area contributed by atoms with E-state index in [0.717, 1.165) is 45.2 Å². The van der Waals surface area contributed by atoms with E-state index in [1.54, 1.807) is 12.1 Å². The molecule has 1 heterocycles. The van der Waals surface area contributed by atoms with E-state index in [-0.39, 0.29) is 35.6 Å². The molecule has 0 aromatic heterocycles. The molecule has 7 nitrogen and oxygen atoms in total. The number of benzene rings is 1. The number of nitrogens with zero attached hydrogens (tertiary/aromatic N) is 3. The second-order valence-corrected chi connectivity index (χ2v) is 7.22. The molecule has 8 heteroatoms. The molecule has 0 atom stereocenters. The number of phenols is 1. The zero-order chi connectivity index (χ0) is 19.6. The monoisotopic (exact) mass is 503 g/mol. The third kappa shape index (κ3) is 8.22. The summed E-state index contributed by atoms with van der Waals surface area (Å²) in [5, 5.41) is 15.5. The third-order valence-electron chi connectivity index (χ3n) is 4.42. The Morgan fingerprint density at radius 1 is 1.14 bits per heavy atom. The first-order valence-corrected chi connectivity index (χ1v) is 9.82. The van der Waals surface area contributed by atoms with Gasteiger partial charge in [-0.1, -0.05) is 13.8 Å². The summed E-state index contributed by atoms with van der Waals surface area (Å²) in [4.78, 5) is 21.5. The molecule has 28 heavy (non-hydrogen) atoms. The number of phenolic OH excluding ortho intramolecular Hbond substituents is 1. The van der Waals surface area contributed by atoms with Gasteiger partial charge in [-0.15, -0.1) is 24.0 Å². The number of amides is 1. The lowest BCUT2D eigenvalue weighted by Gasteiger charge is -2.37. The number of hydrogen-bond donors (Lipinski definition) is 3. The van der Waals surface area contributed by atoms with Crippen molar-refractivity contribution in [2.75, 3.05) is 52.4 Å². The van der Waals surface area contributed by atoms with Crippen LogP contribution in [0.2, 0.25) is 0 Å². The summed E-state index contributed by atoms with van der Waals surface area (Å²) in [6.45, 7) is 13.6. The van der Waals surface area contributed by atoms with Crippen LogP contribution in [0.15, 0.2) is 29.3 Å². The highest BCUT2D eigenvalue weighted by molar-refractivity contribution is 14.0. The minimum Gasteiger partial charge on any atom is -0.508 e. The van der Waals surface area contributed by atoms with Gasteiger partial charge in [0.2, 0.25) is 0 Å². The lowest BCUT2D eigenvalue weighted by molar-refractivity contribution is 0.0954. The molecule has 2 rings (SSSR count). The van der Waals surface area contributed by atoms with Crippen molar-refractivity contribution in [1.82, 2.24) is 20.4 Å². The van der Waals surface area contributed by atoms with Crippen LogP contribution in [0.25, 0.3) is 0 Å². The van der Waals surface area contributed by atoms with E-state index >= 15 is 0 Å². The fourth-order valence-corrected chi connectivity index (χ4v) is 3.13. The van der Waals surface area contributed by atoms with Gasteiger partial charge in [0.15, 0.2) is 5.96 Å². The third-order valence-corrected chi connectivity index (χ3v) is 4.42. The fraction of sp³-hybridized carbons (Fsp3) is 0.600. The number of aliphatic imine (C=N–C) groups is 1. The maximum Gasteiger partial charge on any atom is 0.251 e. The zero-order valence-electron chi connectivity index (χ0n) is 17.1. The average molecular weight is 503 g/mol. The fourth-order valence-electron chi connectivity index (χ4n) is 3.13. The van der Waals surface area contributed by atoms with E-state index in [9.17, 15) is 9.90 Å². The summed E-state index contributed by atoms with van der Waals surface area (Å²) in [6.07, 6.45) is 0. The number of hydrogen-bond acceptors (Lipinski definition) is 4. The Hall–Kier alpha value is -1.55. The number of piperazine rings is 1. The first-order valence-electron chi connectivity index (χ1n) is 9.82. The second-order valence-electron chi connectivity index (χ2n) is 7.22. The number of aromatic hydroxyl groups is 1. The van der Waals surface area contributed by atoms with Gasteiger partial charge in [0.1, 0.15) is 5.75 Å². The van der Waals surface area contributed by atoms with Gasteiger partial charge in [-0.2, -0.15) is 0 Å². The van der Waals surface area contributed by atoms with Crippen LogP contribution in [-0.2, 0) is 0 Å². The van der Waals surface area contributed by atoms with Crippen molar-refractivity contribution in [2.24, 2.45) is 10.9 Å². The number of nitrogens with one attached hydrogen (secondary N) is 2. The molecule has 1 saturated heterocycles. The molecule has 0 saturated carbocycles. The molecule has 0 unspecified atom stereocenters. The van der Waals surface area contributed by atoms with Gasteiger partial charge in [-0.3, -0.25) is 14.7 Å². The molecule has 1 amide bonds. The Bertz CT molecular complexity index is 614. The predicted molar refractivity (Wildman–Crippen MR) is 125 cm³/mol. The molecule has 0 spiro atoms. The van der Waals surface area contributed by atoms with E-state index in [1.807, 2.05) is 0 Å². The van der Waals surface area contributed by atoms with Gasteiger partial charge < -0.3 is 20.6 Å². The average Bonchev–Trinajstić information content (AvgIpc) is 2.65. The molecule has 1 aromatic carbocycles. The van der Waals surface area contributed by atoms with Crippen molar-refractivity contribution in [1.29, 1.82) is 0 Å². The number of carbonyl (C=O) groups excluding carboxylic acids is 1. The summed E-state index contributed by atoms with van der Waals surface area (Å²) in [6, 6.07) is 6.23. The maximum absolute atomic E-state index is 12.1. The van der Waals surface area contributed by atoms with Crippen molar-refractivity contribution in [3.05, 3.63) is 29.8 Å². The highest BCUT2D eigenvalue weighted by Gasteiger charge is 2.19. The van der Waals surface area contributed by atoms with Crippen molar-refractivity contribution in [3.63, 3.8) is 0 Å². The van der Waals surface area contributed by atoms with Gasteiger partial charge in [0, 0.05) is 51.4 Å². The lowest BCUT2D eigenvalue weighted by Crippen LogP contribution is -2.53. The van der Waals surface area contributed by atoms with Crippen LogP contribution in [-0.4, -0.2) is 79.1 Å². The summed E-state index contributed by atoms with van der Waals surface area (Å²) in [7, 11) is 0. The molecular weight excluding hydrogens is 469 g/mol. The minimum absolute atomic E-state index is 0. The Morgan fingerprint density at radius 2 is 1.79 bits per heavy atom. The lowest BCUT2D eigenvalue weighted by atomic mass is 10.2. The molecule has 0 radical (unpaired) electrons. The summed E-state index contributed by atoms with van der Waals surface area (Å²) >= 11 is 0. The number of carbonyl (C=O) groups is 1. The number of halogens is 1. The van der Waals surface area contributed by atoms with Gasteiger partial charge in [-0.25, -0.2) is 0 Å². The molecule has 0 aliphatic carbocycles. The molecule has 3 N–H and O–H groups in total. The molecule has 1 aliphatic rings. The van der Waals surface area contributed by atoms with Crippen LogP contribution in [0.3, 0.4) is 0 Å². The topological polar surface area (TPSA) is 80.2 Å². The van der Waals surface area contributed by atoms with Gasteiger partial charge in [0.25, 0.3) is 5.91 Å². The Balaban J connectivity index is 0.00000392. The van der Waals surface area contributed by atoms with Crippen molar-refractivity contribution in [3.8, 4) is 5.75 Å². The molecule has 1 aromatic rings. The number of rotatable bonds is 7. The van der Waals surface area contributed by atoms with E-state index in [1.165, 1.54) is 12.1 Å². The summed E-state index contributed by atoms with van der Waals surface area (Å²) in [5.41, 5.74) is 0.532. The Kier molecular flexibility index (Phi) is 11.2. The number of guanidine groups is 1. The van der Waals surface area contributed by atoms with Gasteiger partial charge >= 0.3 is 0 Å². The van der Waals surface area contributed by atoms with Crippen LogP contribution in [0.1, 0.15) is 31.1 Å². The second kappa shape index (κ2) is 12.8. The molecule has 1 fully saturated rings. The largest absolute Gasteiger partial charge is 0.508 e. The van der Waals surface area contributed by atoms with E-state index in [4.69, 9.17) is 0 Å². The van der Waals surface area contributed by atoms with Crippen LogP contribution in [0.5, 0.6) is 5.75 Å². The van der Waals surface area contributed by atoms with Crippen LogP contribution < -0.4 is 10.6 Å². The standard InChI is InChI=1S/C20H33N5O2.HI/c1-4-21-20(25-13-11-24(12-14-25)15-16(2)3)23-10-9-22-19(27)17-5-7-18(26)8-6-17;/h5-8,16,26H,4,9-15H2,1-3H3,(H,21,23)(H,22,27);1H. The molecular formula is C20H34IN5O2. The van der Waals surface area contributed by atoms with Crippen molar-refractivity contribution >= 4 is 35.8 Å². The van der Waals surface area contributed by atoms with E-state index < -0.39 is 0 Å². The van der Waals surface area contributed by atoms with Crippen molar-refractivity contribution in [2.45, 2.75) is 20.8 Å². The van der Waals surface area contributed by atoms with E-state index in [0.29, 0.717) is 24.6 Å². The first kappa shape index (κ1) is 24.5. The maximum atomic E-state index is 12.1. The molecule has 1 aliphatic heterocycles. The van der Waals surface area contributed by atoms with Crippen LogP contribution in [0, 0.1) is 5.92 Å². The SMILES string of the molecule is CCNC(=NCCNC(=O)c1ccc(O)cc1)N1CCN(CC(C)C)CC1.I. The predicted octanol–water partition coefficient (Wildman–Crippen LogP) is 1.98. The summed E-state index contributed by atoms with van der Waals surface area (Å²) in [5.74, 6) is 1.61. The molecule has 158 valence electrons. The normalized spacial score (nSPS) is 15.3. The quantitative estimate of drug-likeness (QED) is 0.230. The van der Waals surface area contributed by atoms with Crippen molar-refractivity contribution < 1.29 is 9.90 Å². The highest BCUT2D eigenvalue weighted by atomic mass is 127. The zero-order valence-corrected chi connectivity index (χ0v) is 19.5. The smallest absolute Gasteiger partial charge is 0.251 e. The van der Waals surface area contributed by atoms with Gasteiger partial charge in [0.05, 0.1) is 6.54 Å². The first-order chi connectivity index (χ1) is 13.0. The molecule has 0 bridgehead atoms. The van der Waals surface area contributed by atoms with Gasteiger partial charge in [-0.05, 0) is 37.1 Å². The Morgan fingerprint density at radius 3 is 2.36 bits per heavy atom.